The van der Waals surface area contributed by atoms with Gasteiger partial charge in [-0.3, -0.25) is 4.79 Å². The van der Waals surface area contributed by atoms with E-state index in [1.54, 1.807) is 18.7 Å². The molecular formula is C13H12ClN3O. The molecule has 2 aromatic rings. The van der Waals surface area contributed by atoms with Gasteiger partial charge in [-0.2, -0.15) is 0 Å². The van der Waals surface area contributed by atoms with E-state index in [1.165, 1.54) is 0 Å². The number of carbonyl (C=O) groups excluding carboxylic acids is 1. The molecule has 1 aliphatic heterocycles. The second-order valence-electron chi connectivity index (χ2n) is 4.03. The number of aromatic nitrogens is 2. The van der Waals surface area contributed by atoms with E-state index in [1.807, 2.05) is 34.9 Å². The van der Waals surface area contributed by atoms with E-state index in [2.05, 4.69) is 9.98 Å². The maximum atomic E-state index is 11.8. The van der Waals surface area contributed by atoms with Gasteiger partial charge in [0, 0.05) is 6.42 Å². The number of imidazole rings is 1. The molecule has 0 bridgehead atoms. The van der Waals surface area contributed by atoms with Crippen LogP contribution >= 0.6 is 12.4 Å². The van der Waals surface area contributed by atoms with Crippen molar-refractivity contribution in [2.75, 3.05) is 0 Å². The highest BCUT2D eigenvalue weighted by atomic mass is 35.5. The van der Waals surface area contributed by atoms with Crippen molar-refractivity contribution >= 4 is 24.5 Å². The Hall–Kier alpha value is -1.94. The van der Waals surface area contributed by atoms with Gasteiger partial charge in [0.05, 0.1) is 24.4 Å². The third-order valence-corrected chi connectivity index (χ3v) is 2.91. The molecule has 0 radical (unpaired) electrons. The maximum Gasteiger partial charge on any atom is 0.269 e. The Morgan fingerprint density at radius 2 is 2.00 bits per heavy atom. The molecule has 1 aromatic heterocycles. The number of hydrogen-bond donors (Lipinski definition) is 0. The monoisotopic (exact) mass is 261 g/mol. The Kier molecular flexibility index (Phi) is 3.58. The normalized spacial score (nSPS) is 17.1. The van der Waals surface area contributed by atoms with Crippen LogP contribution in [0.25, 0.3) is 0 Å². The third kappa shape index (κ3) is 2.19. The Balaban J connectivity index is 0.00000120. The molecule has 1 atom stereocenters. The van der Waals surface area contributed by atoms with Crippen molar-refractivity contribution in [2.45, 2.75) is 12.5 Å². The lowest BCUT2D eigenvalue weighted by Gasteiger charge is -2.19. The zero-order chi connectivity index (χ0) is 11.7. The largest absolute Gasteiger partial charge is 0.317 e. The molecule has 1 aliphatic rings. The highest BCUT2D eigenvalue weighted by Gasteiger charge is 2.24. The van der Waals surface area contributed by atoms with Gasteiger partial charge in [-0.25, -0.2) is 9.98 Å². The lowest BCUT2D eigenvalue weighted by molar-refractivity contribution is -0.121. The van der Waals surface area contributed by atoms with Crippen molar-refractivity contribution in [3.05, 3.63) is 54.1 Å². The number of benzene rings is 1. The summed E-state index contributed by atoms with van der Waals surface area (Å²) < 4.78 is 1.88. The predicted octanol–water partition coefficient (Wildman–Crippen LogP) is 2.05. The molecule has 1 aromatic carbocycles. The summed E-state index contributed by atoms with van der Waals surface area (Å²) in [7, 11) is 0. The zero-order valence-electron chi connectivity index (χ0n) is 9.56. The van der Waals surface area contributed by atoms with Gasteiger partial charge in [0.1, 0.15) is 6.04 Å². The van der Waals surface area contributed by atoms with Crippen molar-refractivity contribution in [3.8, 4) is 0 Å². The van der Waals surface area contributed by atoms with Gasteiger partial charge in [0.2, 0.25) is 0 Å². The number of rotatable bonds is 2. The Labute approximate surface area is 111 Å². The van der Waals surface area contributed by atoms with Crippen molar-refractivity contribution in [3.63, 3.8) is 0 Å². The first-order valence-corrected chi connectivity index (χ1v) is 5.48. The summed E-state index contributed by atoms with van der Waals surface area (Å²) in [5.41, 5.74) is 2.01. The summed E-state index contributed by atoms with van der Waals surface area (Å²) in [6, 6.07) is 9.68. The van der Waals surface area contributed by atoms with Crippen molar-refractivity contribution in [1.82, 2.24) is 9.55 Å². The molecule has 0 saturated carbocycles. The zero-order valence-corrected chi connectivity index (χ0v) is 10.4. The highest BCUT2D eigenvalue weighted by Crippen LogP contribution is 2.20. The molecule has 0 fully saturated rings. The van der Waals surface area contributed by atoms with Crippen molar-refractivity contribution in [2.24, 2.45) is 4.99 Å². The molecule has 92 valence electrons. The smallest absolute Gasteiger partial charge is 0.269 e. The van der Waals surface area contributed by atoms with E-state index in [9.17, 15) is 4.79 Å². The minimum absolute atomic E-state index is 0. The summed E-state index contributed by atoms with van der Waals surface area (Å²) in [6.07, 6.45) is 5.62. The molecule has 1 unspecified atom stereocenters. The van der Waals surface area contributed by atoms with Crippen LogP contribution in [0.4, 0.5) is 0 Å². The number of halogens is 1. The Morgan fingerprint density at radius 3 is 2.78 bits per heavy atom. The first-order valence-electron chi connectivity index (χ1n) is 5.48. The van der Waals surface area contributed by atoms with Crippen LogP contribution in [-0.2, 0) is 11.2 Å². The average molecular weight is 262 g/mol. The van der Waals surface area contributed by atoms with Gasteiger partial charge in [0.15, 0.2) is 0 Å². The number of fused-ring (bicyclic) bond motifs is 1. The van der Waals surface area contributed by atoms with E-state index in [0.29, 0.717) is 6.42 Å². The minimum atomic E-state index is -0.264. The van der Waals surface area contributed by atoms with Crippen LogP contribution in [0.1, 0.15) is 17.3 Å². The average Bonchev–Trinajstić information content (AvgIpc) is 2.83. The first-order chi connectivity index (χ1) is 8.34. The van der Waals surface area contributed by atoms with Gasteiger partial charge in [-0.05, 0) is 5.56 Å². The van der Waals surface area contributed by atoms with Gasteiger partial charge in [-0.15, -0.1) is 12.4 Å². The molecule has 0 N–H and O–H groups in total. The standard InChI is InChI=1S/C13H11N3O.ClH/c17-13-12(6-10-4-2-1-3-5-10)16-9-14-7-11(16)8-15-13;/h1-5,7-9,12H,6H2;1H. The van der Waals surface area contributed by atoms with E-state index >= 15 is 0 Å². The predicted molar refractivity (Wildman–Crippen MR) is 71.3 cm³/mol. The maximum absolute atomic E-state index is 11.8. The van der Waals surface area contributed by atoms with Gasteiger partial charge < -0.3 is 4.57 Å². The summed E-state index contributed by atoms with van der Waals surface area (Å²) in [6.45, 7) is 0. The van der Waals surface area contributed by atoms with Crippen molar-refractivity contribution < 1.29 is 4.79 Å². The van der Waals surface area contributed by atoms with Gasteiger partial charge in [-0.1, -0.05) is 30.3 Å². The number of nitrogens with zero attached hydrogens (tertiary/aromatic N) is 3. The third-order valence-electron chi connectivity index (χ3n) is 2.91. The molecular weight excluding hydrogens is 250 g/mol. The van der Waals surface area contributed by atoms with Crippen LogP contribution < -0.4 is 0 Å². The fourth-order valence-electron chi connectivity index (χ4n) is 2.03. The topological polar surface area (TPSA) is 47.2 Å². The minimum Gasteiger partial charge on any atom is -0.317 e. The summed E-state index contributed by atoms with van der Waals surface area (Å²) in [5.74, 6) is -0.112. The van der Waals surface area contributed by atoms with E-state index in [-0.39, 0.29) is 24.4 Å². The molecule has 0 spiro atoms. The van der Waals surface area contributed by atoms with Gasteiger partial charge >= 0.3 is 0 Å². The van der Waals surface area contributed by atoms with Crippen LogP contribution in [0.15, 0.2) is 47.8 Å². The SMILES string of the molecule is Cl.O=C1N=Cc2cncn2C1Cc1ccccc1. The van der Waals surface area contributed by atoms with E-state index in [0.717, 1.165) is 11.3 Å². The molecule has 2 heterocycles. The lowest BCUT2D eigenvalue weighted by atomic mass is 10.0. The second-order valence-corrected chi connectivity index (χ2v) is 4.03. The highest BCUT2D eigenvalue weighted by molar-refractivity contribution is 5.96. The number of hydrogen-bond acceptors (Lipinski definition) is 2. The van der Waals surface area contributed by atoms with Crippen molar-refractivity contribution in [1.29, 1.82) is 0 Å². The van der Waals surface area contributed by atoms with Crippen LogP contribution in [0.2, 0.25) is 0 Å². The van der Waals surface area contributed by atoms with Crippen LogP contribution in [0.3, 0.4) is 0 Å². The quantitative estimate of drug-likeness (QED) is 0.831. The molecule has 0 saturated heterocycles. The van der Waals surface area contributed by atoms with Gasteiger partial charge in [0.25, 0.3) is 5.91 Å². The first kappa shape index (κ1) is 12.5. The summed E-state index contributed by atoms with van der Waals surface area (Å²) >= 11 is 0. The summed E-state index contributed by atoms with van der Waals surface area (Å²) in [5, 5.41) is 0. The number of aliphatic imine (C=N–C) groups is 1. The molecule has 0 aliphatic carbocycles. The Bertz CT molecular complexity index is 577. The van der Waals surface area contributed by atoms with Crippen LogP contribution in [0.5, 0.6) is 0 Å². The van der Waals surface area contributed by atoms with E-state index < -0.39 is 0 Å². The van der Waals surface area contributed by atoms with Crippen LogP contribution in [0, 0.1) is 0 Å². The number of amides is 1. The molecule has 4 nitrogen and oxygen atoms in total. The fraction of sp³-hybridized carbons (Fsp3) is 0.154. The Morgan fingerprint density at radius 1 is 1.22 bits per heavy atom. The van der Waals surface area contributed by atoms with Crippen LogP contribution in [-0.4, -0.2) is 21.7 Å². The lowest BCUT2D eigenvalue weighted by Crippen LogP contribution is -2.25. The molecule has 5 heteroatoms. The number of carbonyl (C=O) groups is 1. The van der Waals surface area contributed by atoms with E-state index in [4.69, 9.17) is 0 Å². The molecule has 3 rings (SSSR count). The molecule has 1 amide bonds. The molecule has 18 heavy (non-hydrogen) atoms. The second kappa shape index (κ2) is 5.14. The fourth-order valence-corrected chi connectivity index (χ4v) is 2.03. The summed E-state index contributed by atoms with van der Waals surface area (Å²) in [4.78, 5) is 19.8.